The molecule has 4 rings (SSSR count). The summed E-state index contributed by atoms with van der Waals surface area (Å²) in [5, 5.41) is 0. The highest BCUT2D eigenvalue weighted by atomic mass is 16.5. The van der Waals surface area contributed by atoms with Gasteiger partial charge in [0.25, 0.3) is 0 Å². The molecule has 0 N–H and O–H groups in total. The van der Waals surface area contributed by atoms with E-state index >= 15 is 0 Å². The fourth-order valence-electron chi connectivity index (χ4n) is 4.13. The lowest BCUT2D eigenvalue weighted by Gasteiger charge is -2.37. The molecule has 0 saturated heterocycles. The van der Waals surface area contributed by atoms with Gasteiger partial charge in [0.05, 0.1) is 19.6 Å². The molecule has 144 valence electrons. The van der Waals surface area contributed by atoms with Crippen LogP contribution in [0, 0.1) is 0 Å². The van der Waals surface area contributed by atoms with Crippen LogP contribution in [0.4, 0.5) is 0 Å². The minimum atomic E-state index is -0.483. The second-order valence-corrected chi connectivity index (χ2v) is 6.92. The second kappa shape index (κ2) is 8.24. The van der Waals surface area contributed by atoms with Crippen LogP contribution in [-0.4, -0.2) is 14.2 Å². The summed E-state index contributed by atoms with van der Waals surface area (Å²) < 4.78 is 11.2. The molecule has 0 bridgehead atoms. The highest BCUT2D eigenvalue weighted by molar-refractivity contribution is 5.61. The average molecular weight is 380 g/mol. The first-order valence-corrected chi connectivity index (χ1v) is 9.69. The van der Waals surface area contributed by atoms with Crippen LogP contribution >= 0.6 is 0 Å². The summed E-state index contributed by atoms with van der Waals surface area (Å²) in [4.78, 5) is 0. The Balaban J connectivity index is 2.12. The van der Waals surface area contributed by atoms with E-state index in [-0.39, 0.29) is 0 Å². The molecule has 0 aliphatic rings. The van der Waals surface area contributed by atoms with E-state index in [9.17, 15) is 0 Å². The Kier molecular flexibility index (Phi) is 5.35. The van der Waals surface area contributed by atoms with E-state index < -0.39 is 5.41 Å². The number of benzene rings is 4. The van der Waals surface area contributed by atoms with E-state index in [1.165, 1.54) is 16.7 Å². The van der Waals surface area contributed by atoms with Crippen molar-refractivity contribution in [3.63, 3.8) is 0 Å². The van der Waals surface area contributed by atoms with E-state index in [4.69, 9.17) is 9.47 Å². The molecule has 0 saturated carbocycles. The molecule has 4 aromatic carbocycles. The molecule has 0 aliphatic carbocycles. The van der Waals surface area contributed by atoms with Gasteiger partial charge in [0, 0.05) is 0 Å². The zero-order valence-corrected chi connectivity index (χ0v) is 16.7. The van der Waals surface area contributed by atoms with Gasteiger partial charge in [0.15, 0.2) is 11.5 Å². The third-order valence-electron chi connectivity index (χ3n) is 5.44. The summed E-state index contributed by atoms with van der Waals surface area (Å²) in [6.45, 7) is 0. The molecular weight excluding hydrogens is 356 g/mol. The summed E-state index contributed by atoms with van der Waals surface area (Å²) in [5.41, 5.74) is 4.24. The molecule has 0 unspecified atom stereocenters. The van der Waals surface area contributed by atoms with Crippen LogP contribution in [0.3, 0.4) is 0 Å². The number of hydrogen-bond donors (Lipinski definition) is 0. The zero-order chi connectivity index (χ0) is 20.1. The third-order valence-corrected chi connectivity index (χ3v) is 5.44. The maximum Gasteiger partial charge on any atom is 0.161 e. The number of rotatable bonds is 6. The summed E-state index contributed by atoms with van der Waals surface area (Å²) in [6, 6.07) is 38.1. The fraction of sp³-hybridized carbons (Fsp3) is 0.111. The Morgan fingerprint density at radius 3 is 1.24 bits per heavy atom. The van der Waals surface area contributed by atoms with Crippen LogP contribution in [0.5, 0.6) is 11.5 Å². The lowest BCUT2D eigenvalue weighted by Crippen LogP contribution is -2.31. The number of hydrogen-bond acceptors (Lipinski definition) is 2. The van der Waals surface area contributed by atoms with Crippen molar-refractivity contribution in [1.82, 2.24) is 0 Å². The van der Waals surface area contributed by atoms with Crippen molar-refractivity contribution in [3.05, 3.63) is 131 Å². The first-order valence-electron chi connectivity index (χ1n) is 9.69. The first-order chi connectivity index (χ1) is 14.3. The summed E-state index contributed by atoms with van der Waals surface area (Å²) in [6.07, 6.45) is 0. The molecule has 0 amide bonds. The minimum Gasteiger partial charge on any atom is -0.493 e. The quantitative estimate of drug-likeness (QED) is 0.377. The Morgan fingerprint density at radius 1 is 0.448 bits per heavy atom. The highest BCUT2D eigenvalue weighted by Crippen LogP contribution is 2.46. The lowest BCUT2D eigenvalue weighted by molar-refractivity contribution is 0.354. The van der Waals surface area contributed by atoms with Crippen molar-refractivity contribution in [1.29, 1.82) is 0 Å². The highest BCUT2D eigenvalue weighted by Gasteiger charge is 2.38. The second-order valence-electron chi connectivity index (χ2n) is 6.92. The Bertz CT molecular complexity index is 961. The van der Waals surface area contributed by atoms with Crippen LogP contribution in [-0.2, 0) is 5.41 Å². The summed E-state index contributed by atoms with van der Waals surface area (Å²) in [7, 11) is 3.34. The van der Waals surface area contributed by atoms with Crippen molar-refractivity contribution < 1.29 is 9.47 Å². The average Bonchev–Trinajstić information content (AvgIpc) is 2.81. The SMILES string of the molecule is COc1ccc(C(c2ccccc2)(c2ccccc2)c2ccccc2)cc1OC. The maximum absolute atomic E-state index is 5.65. The molecular formula is C27H24O2. The van der Waals surface area contributed by atoms with Crippen molar-refractivity contribution in [2.75, 3.05) is 14.2 Å². The molecule has 4 aromatic rings. The van der Waals surface area contributed by atoms with Crippen molar-refractivity contribution in [2.45, 2.75) is 5.41 Å². The fourth-order valence-corrected chi connectivity index (χ4v) is 4.13. The molecule has 0 heterocycles. The minimum absolute atomic E-state index is 0.483. The van der Waals surface area contributed by atoms with E-state index in [2.05, 4.69) is 103 Å². The van der Waals surface area contributed by atoms with Gasteiger partial charge in [-0.25, -0.2) is 0 Å². The number of ether oxygens (including phenoxy) is 2. The molecule has 0 aliphatic heterocycles. The molecule has 2 heteroatoms. The monoisotopic (exact) mass is 380 g/mol. The molecule has 2 nitrogen and oxygen atoms in total. The maximum atomic E-state index is 5.65. The van der Waals surface area contributed by atoms with Crippen LogP contribution in [0.1, 0.15) is 22.3 Å². The molecule has 29 heavy (non-hydrogen) atoms. The van der Waals surface area contributed by atoms with Gasteiger partial charge < -0.3 is 9.47 Å². The van der Waals surface area contributed by atoms with Gasteiger partial charge in [-0.05, 0) is 34.4 Å². The smallest absolute Gasteiger partial charge is 0.161 e. The normalized spacial score (nSPS) is 11.1. The predicted molar refractivity (Wildman–Crippen MR) is 118 cm³/mol. The summed E-state index contributed by atoms with van der Waals surface area (Å²) >= 11 is 0. The van der Waals surface area contributed by atoms with E-state index in [1.54, 1.807) is 14.2 Å². The van der Waals surface area contributed by atoms with E-state index in [0.29, 0.717) is 0 Å². The van der Waals surface area contributed by atoms with Gasteiger partial charge in [-0.2, -0.15) is 0 Å². The van der Waals surface area contributed by atoms with Crippen LogP contribution < -0.4 is 9.47 Å². The van der Waals surface area contributed by atoms with Gasteiger partial charge in [-0.15, -0.1) is 0 Å². The van der Waals surface area contributed by atoms with Crippen LogP contribution in [0.15, 0.2) is 109 Å². The van der Waals surface area contributed by atoms with E-state index in [0.717, 1.165) is 17.1 Å². The van der Waals surface area contributed by atoms with Gasteiger partial charge in [0.1, 0.15) is 0 Å². The molecule has 0 radical (unpaired) electrons. The van der Waals surface area contributed by atoms with Crippen molar-refractivity contribution in [2.24, 2.45) is 0 Å². The molecule has 0 fully saturated rings. The van der Waals surface area contributed by atoms with Crippen molar-refractivity contribution in [3.8, 4) is 11.5 Å². The Morgan fingerprint density at radius 2 is 0.862 bits per heavy atom. The third kappa shape index (κ3) is 3.27. The van der Waals surface area contributed by atoms with Gasteiger partial charge in [0.2, 0.25) is 0 Å². The van der Waals surface area contributed by atoms with Crippen molar-refractivity contribution >= 4 is 0 Å². The lowest BCUT2D eigenvalue weighted by atomic mass is 9.65. The van der Waals surface area contributed by atoms with Crippen LogP contribution in [0.2, 0.25) is 0 Å². The van der Waals surface area contributed by atoms with Crippen LogP contribution in [0.25, 0.3) is 0 Å². The standard InChI is InChI=1S/C27H24O2/c1-28-25-19-18-24(20-26(25)29-2)27(21-12-6-3-7-13-21,22-14-8-4-9-15-22)23-16-10-5-11-17-23/h3-20H,1-2H3. The largest absolute Gasteiger partial charge is 0.493 e. The van der Waals surface area contributed by atoms with Gasteiger partial charge in [-0.3, -0.25) is 0 Å². The van der Waals surface area contributed by atoms with E-state index in [1.807, 2.05) is 6.07 Å². The first kappa shape index (κ1) is 18.8. The Hall–Kier alpha value is -3.52. The Labute approximate surface area is 172 Å². The molecule has 0 atom stereocenters. The molecule has 0 aromatic heterocycles. The molecule has 0 spiro atoms. The van der Waals surface area contributed by atoms with Gasteiger partial charge >= 0.3 is 0 Å². The summed E-state index contributed by atoms with van der Waals surface area (Å²) in [5.74, 6) is 1.44. The predicted octanol–water partition coefficient (Wildman–Crippen LogP) is 6.09. The number of methoxy groups -OCH3 is 2. The topological polar surface area (TPSA) is 18.5 Å². The zero-order valence-electron chi connectivity index (χ0n) is 16.7. The van der Waals surface area contributed by atoms with Gasteiger partial charge in [-0.1, -0.05) is 97.1 Å².